The van der Waals surface area contributed by atoms with Gasteiger partial charge in [0.1, 0.15) is 5.75 Å². The van der Waals surface area contributed by atoms with Gasteiger partial charge in [-0.1, -0.05) is 12.1 Å². The van der Waals surface area contributed by atoms with Crippen molar-refractivity contribution in [1.29, 1.82) is 0 Å². The molecule has 0 saturated heterocycles. The fourth-order valence-electron chi connectivity index (χ4n) is 1.57. The van der Waals surface area contributed by atoms with E-state index >= 15 is 0 Å². The van der Waals surface area contributed by atoms with Gasteiger partial charge < -0.3 is 9.84 Å². The molecule has 0 unspecified atom stereocenters. The Balaban J connectivity index is 2.91. The number of phenolic OH excluding ortho intramolecular Hbond substituents is 1. The molecule has 0 aliphatic carbocycles. The Kier molecular flexibility index (Phi) is 6.06. The molecule has 0 aliphatic heterocycles. The summed E-state index contributed by atoms with van der Waals surface area (Å²) >= 11 is 0. The molecule has 0 saturated carbocycles. The first-order chi connectivity index (χ1) is 9.43. The van der Waals surface area contributed by atoms with Gasteiger partial charge in [-0.15, -0.1) is 0 Å². The average molecular weight is 279 g/mol. The summed E-state index contributed by atoms with van der Waals surface area (Å²) in [4.78, 5) is 17.1. The van der Waals surface area contributed by atoms with Gasteiger partial charge in [-0.05, 0) is 38.5 Å². The topological polar surface area (TPSA) is 67.8 Å². The molecule has 0 atom stereocenters. The van der Waals surface area contributed by atoms with Crippen LogP contribution in [0.2, 0.25) is 0 Å². The summed E-state index contributed by atoms with van der Waals surface area (Å²) in [7, 11) is 1.34. The first-order valence-electron chi connectivity index (χ1n) is 6.41. The standard InChI is InChI=1S/C15H21NO4/c1-10(2)20-16-11(3)14(15(18)19-4)9-12-5-7-13(17)8-6-12/h5-8,10,16-17H,9H2,1-4H3. The molecule has 0 bridgehead atoms. The number of rotatable bonds is 6. The van der Waals surface area contributed by atoms with E-state index in [2.05, 4.69) is 5.48 Å². The number of hydrogen-bond acceptors (Lipinski definition) is 5. The normalized spacial score (nSPS) is 12.1. The number of phenols is 1. The Morgan fingerprint density at radius 2 is 1.90 bits per heavy atom. The molecule has 1 aromatic carbocycles. The largest absolute Gasteiger partial charge is 0.508 e. The van der Waals surface area contributed by atoms with E-state index in [0.29, 0.717) is 17.7 Å². The molecule has 5 heteroatoms. The van der Waals surface area contributed by atoms with Crippen LogP contribution < -0.4 is 5.48 Å². The lowest BCUT2D eigenvalue weighted by atomic mass is 10.0. The van der Waals surface area contributed by atoms with Gasteiger partial charge in [0.2, 0.25) is 0 Å². The second kappa shape index (κ2) is 7.55. The second-order valence-electron chi connectivity index (χ2n) is 4.71. The van der Waals surface area contributed by atoms with Crippen LogP contribution in [-0.2, 0) is 20.8 Å². The first-order valence-corrected chi connectivity index (χ1v) is 6.41. The summed E-state index contributed by atoms with van der Waals surface area (Å²) in [6, 6.07) is 6.68. The van der Waals surface area contributed by atoms with Gasteiger partial charge in [0.05, 0.1) is 18.8 Å². The van der Waals surface area contributed by atoms with Crippen molar-refractivity contribution in [2.75, 3.05) is 7.11 Å². The van der Waals surface area contributed by atoms with Gasteiger partial charge in [-0.25, -0.2) is 4.79 Å². The van der Waals surface area contributed by atoms with Gasteiger partial charge in [0.25, 0.3) is 0 Å². The predicted octanol–water partition coefficient (Wildman–Crippen LogP) is 2.31. The van der Waals surface area contributed by atoms with Crippen molar-refractivity contribution in [2.45, 2.75) is 33.3 Å². The van der Waals surface area contributed by atoms with Gasteiger partial charge in [-0.2, -0.15) is 0 Å². The van der Waals surface area contributed by atoms with Crippen LogP contribution in [0, 0.1) is 0 Å². The molecule has 110 valence electrons. The van der Waals surface area contributed by atoms with E-state index in [4.69, 9.17) is 9.57 Å². The summed E-state index contributed by atoms with van der Waals surface area (Å²) in [6.07, 6.45) is 0.394. The van der Waals surface area contributed by atoms with Crippen LogP contribution >= 0.6 is 0 Å². The molecule has 0 spiro atoms. The van der Waals surface area contributed by atoms with Crippen LogP contribution in [0.4, 0.5) is 0 Å². The molecular formula is C15H21NO4. The number of esters is 1. The Morgan fingerprint density at radius 1 is 1.30 bits per heavy atom. The van der Waals surface area contributed by atoms with Crippen LogP contribution in [0.3, 0.4) is 0 Å². The number of nitrogens with one attached hydrogen (secondary N) is 1. The van der Waals surface area contributed by atoms with Crippen LogP contribution in [0.1, 0.15) is 26.3 Å². The number of aromatic hydroxyl groups is 1. The number of carbonyl (C=O) groups is 1. The molecule has 5 nitrogen and oxygen atoms in total. The number of allylic oxidation sites excluding steroid dienone is 1. The average Bonchev–Trinajstić information content (AvgIpc) is 2.43. The molecule has 0 radical (unpaired) electrons. The van der Waals surface area contributed by atoms with Crippen molar-refractivity contribution < 1.29 is 19.5 Å². The summed E-state index contributed by atoms with van der Waals surface area (Å²) in [5, 5.41) is 9.26. The molecule has 1 aromatic rings. The molecule has 20 heavy (non-hydrogen) atoms. The molecule has 0 aromatic heterocycles. The predicted molar refractivity (Wildman–Crippen MR) is 75.9 cm³/mol. The smallest absolute Gasteiger partial charge is 0.335 e. The molecule has 0 amide bonds. The minimum Gasteiger partial charge on any atom is -0.508 e. The molecule has 0 heterocycles. The third kappa shape index (κ3) is 4.93. The maximum Gasteiger partial charge on any atom is 0.335 e. The molecule has 0 fully saturated rings. The van der Waals surface area contributed by atoms with Crippen LogP contribution in [0.5, 0.6) is 5.75 Å². The quantitative estimate of drug-likeness (QED) is 0.475. The highest BCUT2D eigenvalue weighted by atomic mass is 16.7. The van der Waals surface area contributed by atoms with Crippen LogP contribution in [0.25, 0.3) is 0 Å². The number of carbonyl (C=O) groups excluding carboxylic acids is 1. The highest BCUT2D eigenvalue weighted by Crippen LogP contribution is 2.16. The van der Waals surface area contributed by atoms with Crippen LogP contribution in [0.15, 0.2) is 35.5 Å². The van der Waals surface area contributed by atoms with Crippen molar-refractivity contribution in [2.24, 2.45) is 0 Å². The lowest BCUT2D eigenvalue weighted by Crippen LogP contribution is -2.22. The lowest BCUT2D eigenvalue weighted by molar-refractivity contribution is -0.136. The Labute approximate surface area is 119 Å². The molecule has 0 aliphatic rings. The molecule has 1 rings (SSSR count). The number of ether oxygens (including phenoxy) is 1. The van der Waals surface area contributed by atoms with Crippen molar-refractivity contribution in [1.82, 2.24) is 5.48 Å². The van der Waals surface area contributed by atoms with E-state index in [0.717, 1.165) is 5.56 Å². The summed E-state index contributed by atoms with van der Waals surface area (Å²) < 4.78 is 4.79. The summed E-state index contributed by atoms with van der Waals surface area (Å²) in [5.41, 5.74) is 4.75. The zero-order valence-corrected chi connectivity index (χ0v) is 12.3. The molecular weight excluding hydrogens is 258 g/mol. The third-order valence-corrected chi connectivity index (χ3v) is 2.65. The van der Waals surface area contributed by atoms with Crippen LogP contribution in [-0.4, -0.2) is 24.3 Å². The highest BCUT2D eigenvalue weighted by Gasteiger charge is 2.15. The monoisotopic (exact) mass is 279 g/mol. The van der Waals surface area contributed by atoms with Gasteiger partial charge >= 0.3 is 5.97 Å². The first kappa shape index (κ1) is 16.0. The van der Waals surface area contributed by atoms with Crippen molar-refractivity contribution in [3.63, 3.8) is 0 Å². The van der Waals surface area contributed by atoms with Crippen molar-refractivity contribution in [3.05, 3.63) is 41.1 Å². The number of methoxy groups -OCH3 is 1. The highest BCUT2D eigenvalue weighted by molar-refractivity contribution is 5.89. The number of benzene rings is 1. The van der Waals surface area contributed by atoms with Gasteiger partial charge in [-0.3, -0.25) is 10.3 Å². The SMILES string of the molecule is COC(=O)C(Cc1ccc(O)cc1)=C(C)NOC(C)C. The third-order valence-electron chi connectivity index (χ3n) is 2.65. The maximum absolute atomic E-state index is 11.8. The lowest BCUT2D eigenvalue weighted by Gasteiger charge is -2.14. The molecule has 2 N–H and O–H groups in total. The van der Waals surface area contributed by atoms with E-state index in [1.807, 2.05) is 13.8 Å². The van der Waals surface area contributed by atoms with Crippen molar-refractivity contribution in [3.8, 4) is 5.75 Å². The number of hydrogen-bond donors (Lipinski definition) is 2. The maximum atomic E-state index is 11.8. The van der Waals surface area contributed by atoms with E-state index in [-0.39, 0.29) is 11.9 Å². The van der Waals surface area contributed by atoms with E-state index in [9.17, 15) is 9.90 Å². The van der Waals surface area contributed by atoms with E-state index in [1.165, 1.54) is 7.11 Å². The minimum absolute atomic E-state index is 0.00230. The summed E-state index contributed by atoms with van der Waals surface area (Å²) in [5.74, 6) is -0.217. The van der Waals surface area contributed by atoms with Gasteiger partial charge in [0, 0.05) is 12.1 Å². The Morgan fingerprint density at radius 3 is 2.40 bits per heavy atom. The zero-order valence-electron chi connectivity index (χ0n) is 12.3. The fourth-order valence-corrected chi connectivity index (χ4v) is 1.57. The van der Waals surface area contributed by atoms with E-state index < -0.39 is 5.97 Å². The minimum atomic E-state index is -0.407. The van der Waals surface area contributed by atoms with Gasteiger partial charge in [0.15, 0.2) is 0 Å². The summed E-state index contributed by atoms with van der Waals surface area (Å²) in [6.45, 7) is 5.53. The fraction of sp³-hybridized carbons (Fsp3) is 0.400. The Bertz CT molecular complexity index is 477. The second-order valence-corrected chi connectivity index (χ2v) is 4.71. The zero-order chi connectivity index (χ0) is 15.1. The number of hydroxylamine groups is 1. The Hall–Kier alpha value is -2.01. The van der Waals surface area contributed by atoms with E-state index in [1.54, 1.807) is 31.2 Å². The van der Waals surface area contributed by atoms with Crippen molar-refractivity contribution >= 4 is 5.97 Å².